The largest absolute Gasteiger partial charge is 0.497 e. The lowest BCUT2D eigenvalue weighted by molar-refractivity contribution is -0.134. The smallest absolute Gasteiger partial charge is 0.231 e. The molecule has 0 N–H and O–H groups in total. The monoisotopic (exact) mass is 455 g/mol. The first kappa shape index (κ1) is 21.3. The van der Waals surface area contributed by atoms with Gasteiger partial charge in [0.1, 0.15) is 11.5 Å². The number of methoxy groups -OCH3 is 3. The second kappa shape index (κ2) is 8.74. The van der Waals surface area contributed by atoms with Crippen LogP contribution in [0.3, 0.4) is 0 Å². The number of morpholine rings is 1. The van der Waals surface area contributed by atoms with Crippen molar-refractivity contribution >= 4 is 16.9 Å². The maximum absolute atomic E-state index is 13.3. The number of ether oxygens (including phenoxy) is 6. The molecule has 1 saturated heterocycles. The average Bonchev–Trinajstić information content (AvgIpc) is 3.49. The number of hydrogen-bond donors (Lipinski definition) is 0. The van der Waals surface area contributed by atoms with E-state index in [-0.39, 0.29) is 19.1 Å². The molecule has 1 fully saturated rings. The van der Waals surface area contributed by atoms with Crippen LogP contribution in [0, 0.1) is 0 Å². The van der Waals surface area contributed by atoms with Crippen LogP contribution >= 0.6 is 0 Å². The Morgan fingerprint density at radius 1 is 0.939 bits per heavy atom. The van der Waals surface area contributed by atoms with Crippen molar-refractivity contribution in [2.75, 3.05) is 54.4 Å². The molecule has 0 atom stereocenters. The van der Waals surface area contributed by atoms with Crippen LogP contribution in [0.1, 0.15) is 5.56 Å². The van der Waals surface area contributed by atoms with Crippen molar-refractivity contribution in [3.63, 3.8) is 0 Å². The van der Waals surface area contributed by atoms with E-state index < -0.39 is 0 Å². The Morgan fingerprint density at radius 2 is 1.61 bits per heavy atom. The van der Waals surface area contributed by atoms with E-state index in [2.05, 4.69) is 0 Å². The van der Waals surface area contributed by atoms with Crippen molar-refractivity contribution in [2.24, 2.45) is 0 Å². The molecular formula is C24H25NO8. The van der Waals surface area contributed by atoms with Crippen LogP contribution in [0.2, 0.25) is 0 Å². The summed E-state index contributed by atoms with van der Waals surface area (Å²) in [5.41, 5.74) is 1.93. The van der Waals surface area contributed by atoms with Gasteiger partial charge in [0.25, 0.3) is 0 Å². The number of amides is 1. The Balaban J connectivity index is 1.72. The van der Waals surface area contributed by atoms with Crippen LogP contribution in [0.15, 0.2) is 28.7 Å². The van der Waals surface area contributed by atoms with Gasteiger partial charge < -0.3 is 37.7 Å². The van der Waals surface area contributed by atoms with Gasteiger partial charge >= 0.3 is 0 Å². The van der Waals surface area contributed by atoms with Crippen molar-refractivity contribution in [1.29, 1.82) is 0 Å². The lowest BCUT2D eigenvalue weighted by Crippen LogP contribution is -2.41. The maximum Gasteiger partial charge on any atom is 0.231 e. The van der Waals surface area contributed by atoms with Gasteiger partial charge in [0.2, 0.25) is 29.9 Å². The molecule has 1 amide bonds. The van der Waals surface area contributed by atoms with Crippen molar-refractivity contribution in [2.45, 2.75) is 6.42 Å². The van der Waals surface area contributed by atoms with Crippen LogP contribution in [-0.2, 0) is 16.0 Å². The highest BCUT2D eigenvalue weighted by Gasteiger charge is 2.34. The van der Waals surface area contributed by atoms with Gasteiger partial charge in [-0.1, -0.05) is 0 Å². The molecule has 0 bridgehead atoms. The molecule has 0 saturated carbocycles. The SMILES string of the molecule is COc1ccc(-c2oc3c(OC)c4c(c(OC)c3c2CC(=O)N2CCOCC2)OCO4)cc1. The summed E-state index contributed by atoms with van der Waals surface area (Å²) in [7, 11) is 4.70. The van der Waals surface area contributed by atoms with Gasteiger partial charge in [-0.25, -0.2) is 0 Å². The summed E-state index contributed by atoms with van der Waals surface area (Å²) < 4.78 is 39.8. The Kier molecular flexibility index (Phi) is 5.63. The number of hydrogen-bond acceptors (Lipinski definition) is 8. The zero-order chi connectivity index (χ0) is 22.9. The van der Waals surface area contributed by atoms with Crippen molar-refractivity contribution < 1.29 is 37.6 Å². The molecule has 0 unspecified atom stereocenters. The summed E-state index contributed by atoms with van der Waals surface area (Å²) in [5.74, 6) is 2.96. The fourth-order valence-electron chi connectivity index (χ4n) is 4.30. The van der Waals surface area contributed by atoms with E-state index in [1.54, 1.807) is 19.1 Å². The van der Waals surface area contributed by atoms with Crippen LogP contribution in [0.4, 0.5) is 0 Å². The number of carbonyl (C=O) groups is 1. The normalized spacial score (nSPS) is 15.1. The number of benzene rings is 2. The van der Waals surface area contributed by atoms with Crippen molar-refractivity contribution in [3.05, 3.63) is 29.8 Å². The van der Waals surface area contributed by atoms with Gasteiger partial charge in [-0.2, -0.15) is 0 Å². The van der Waals surface area contributed by atoms with E-state index in [9.17, 15) is 4.79 Å². The lowest BCUT2D eigenvalue weighted by Gasteiger charge is -2.27. The highest BCUT2D eigenvalue weighted by molar-refractivity contribution is 6.03. The first-order chi connectivity index (χ1) is 16.2. The molecule has 174 valence electrons. The first-order valence-electron chi connectivity index (χ1n) is 10.6. The highest BCUT2D eigenvalue weighted by Crippen LogP contribution is 2.56. The summed E-state index contributed by atoms with van der Waals surface area (Å²) in [4.78, 5) is 15.1. The number of nitrogens with zero attached hydrogens (tertiary/aromatic N) is 1. The Morgan fingerprint density at radius 3 is 2.24 bits per heavy atom. The summed E-state index contributed by atoms with van der Waals surface area (Å²) >= 11 is 0. The molecule has 1 aromatic heterocycles. The quantitative estimate of drug-likeness (QED) is 0.560. The fourth-order valence-corrected chi connectivity index (χ4v) is 4.30. The minimum Gasteiger partial charge on any atom is -0.497 e. The zero-order valence-corrected chi connectivity index (χ0v) is 18.8. The summed E-state index contributed by atoms with van der Waals surface area (Å²) in [6.45, 7) is 2.21. The number of carbonyl (C=O) groups excluding carboxylic acids is 1. The van der Waals surface area contributed by atoms with E-state index >= 15 is 0 Å². The average molecular weight is 455 g/mol. The fraction of sp³-hybridized carbons (Fsp3) is 0.375. The van der Waals surface area contributed by atoms with E-state index in [1.165, 1.54) is 7.11 Å². The van der Waals surface area contributed by atoms with Crippen molar-refractivity contribution in [3.8, 4) is 40.1 Å². The van der Waals surface area contributed by atoms with Gasteiger partial charge in [0.15, 0.2) is 11.3 Å². The molecule has 2 aliphatic rings. The van der Waals surface area contributed by atoms with E-state index in [0.717, 1.165) is 11.3 Å². The zero-order valence-electron chi connectivity index (χ0n) is 18.8. The molecule has 0 radical (unpaired) electrons. The Hall–Kier alpha value is -3.59. The topological polar surface area (TPSA) is 88.8 Å². The highest BCUT2D eigenvalue weighted by atomic mass is 16.7. The van der Waals surface area contributed by atoms with Crippen LogP contribution in [0.25, 0.3) is 22.3 Å². The second-order valence-electron chi connectivity index (χ2n) is 7.64. The second-order valence-corrected chi connectivity index (χ2v) is 7.64. The molecule has 0 aliphatic carbocycles. The molecule has 9 heteroatoms. The lowest BCUT2D eigenvalue weighted by atomic mass is 10.0. The van der Waals surface area contributed by atoms with Gasteiger partial charge in [-0.15, -0.1) is 0 Å². The standard InChI is InChI=1S/C24H25NO8/c1-27-15-6-4-14(5-7-15)19-16(12-17(26)25-8-10-30-11-9-25)18-20(28-2)23-24(32-13-31-23)22(29-3)21(18)33-19/h4-7H,8-13H2,1-3H3. The summed E-state index contributed by atoms with van der Waals surface area (Å²) in [6.07, 6.45) is 0.119. The van der Waals surface area contributed by atoms with E-state index in [0.29, 0.717) is 71.6 Å². The minimum absolute atomic E-state index is 0.0190. The number of furan rings is 1. The molecular weight excluding hydrogens is 430 g/mol. The predicted molar refractivity (Wildman–Crippen MR) is 119 cm³/mol. The maximum atomic E-state index is 13.3. The van der Waals surface area contributed by atoms with Crippen LogP contribution < -0.4 is 23.7 Å². The molecule has 5 rings (SSSR count). The Labute approximate surface area is 190 Å². The van der Waals surface area contributed by atoms with Gasteiger partial charge in [0, 0.05) is 24.2 Å². The summed E-state index contributed by atoms with van der Waals surface area (Å²) in [5, 5.41) is 0.631. The molecule has 3 aromatic rings. The van der Waals surface area contributed by atoms with Crippen LogP contribution in [0.5, 0.6) is 28.7 Å². The van der Waals surface area contributed by atoms with Gasteiger partial charge in [-0.05, 0) is 24.3 Å². The predicted octanol–water partition coefficient (Wildman–Crippen LogP) is 3.26. The molecule has 3 heterocycles. The van der Waals surface area contributed by atoms with Gasteiger partial charge in [0.05, 0.1) is 46.4 Å². The molecule has 2 aliphatic heterocycles. The molecule has 2 aromatic carbocycles. The van der Waals surface area contributed by atoms with Gasteiger partial charge in [-0.3, -0.25) is 4.79 Å². The third-order valence-electron chi connectivity index (χ3n) is 5.92. The number of fused-ring (bicyclic) bond motifs is 2. The summed E-state index contributed by atoms with van der Waals surface area (Å²) in [6, 6.07) is 7.46. The third-order valence-corrected chi connectivity index (χ3v) is 5.92. The van der Waals surface area contributed by atoms with Crippen LogP contribution in [-0.4, -0.2) is 65.2 Å². The van der Waals surface area contributed by atoms with Crippen molar-refractivity contribution in [1.82, 2.24) is 4.90 Å². The van der Waals surface area contributed by atoms with E-state index in [1.807, 2.05) is 24.3 Å². The molecule has 9 nitrogen and oxygen atoms in total. The molecule has 0 spiro atoms. The van der Waals surface area contributed by atoms with E-state index in [4.69, 9.17) is 32.8 Å². The third kappa shape index (κ3) is 3.58. The number of rotatable bonds is 6. The minimum atomic E-state index is -0.0190. The first-order valence-corrected chi connectivity index (χ1v) is 10.6. The Bertz CT molecular complexity index is 1180. The molecule has 33 heavy (non-hydrogen) atoms.